The lowest BCUT2D eigenvalue weighted by molar-refractivity contribution is -0.123. The van der Waals surface area contributed by atoms with Gasteiger partial charge in [0.05, 0.1) is 17.7 Å². The quantitative estimate of drug-likeness (QED) is 0.682. The highest BCUT2D eigenvalue weighted by molar-refractivity contribution is 6.17. The molecule has 31 heavy (non-hydrogen) atoms. The molecule has 0 bridgehead atoms. The van der Waals surface area contributed by atoms with E-state index in [1.165, 1.54) is 4.90 Å². The average Bonchev–Trinajstić information content (AvgIpc) is 2.90. The molecule has 0 radical (unpaired) electrons. The lowest BCUT2D eigenvalue weighted by atomic mass is 9.82. The molecule has 0 saturated carbocycles. The summed E-state index contributed by atoms with van der Waals surface area (Å²) in [5.41, 5.74) is 2.71. The van der Waals surface area contributed by atoms with Crippen molar-refractivity contribution in [1.82, 2.24) is 0 Å². The number of aryl methyl sites for hydroxylation is 2. The van der Waals surface area contributed by atoms with Crippen LogP contribution in [0.3, 0.4) is 0 Å². The molecule has 0 fully saturated rings. The van der Waals surface area contributed by atoms with Gasteiger partial charge in [0, 0.05) is 11.1 Å². The molecule has 1 aliphatic rings. The Morgan fingerprint density at radius 3 is 2.23 bits per heavy atom. The molecule has 164 valence electrons. The van der Waals surface area contributed by atoms with Gasteiger partial charge in [0.1, 0.15) is 5.75 Å². The van der Waals surface area contributed by atoms with Gasteiger partial charge in [-0.3, -0.25) is 14.5 Å². The smallest absolute Gasteiger partial charge is 0.294 e. The van der Waals surface area contributed by atoms with Crippen molar-refractivity contribution in [2.45, 2.75) is 60.6 Å². The number of hydrogen-bond donors (Lipinski definition) is 1. The maximum atomic E-state index is 13.4. The van der Waals surface area contributed by atoms with E-state index in [0.717, 1.165) is 11.1 Å². The molecule has 0 aliphatic carbocycles. The zero-order chi connectivity index (χ0) is 23.1. The van der Waals surface area contributed by atoms with Crippen LogP contribution in [0.1, 0.15) is 57.4 Å². The fourth-order valence-corrected chi connectivity index (χ4v) is 3.94. The lowest BCUT2D eigenvalue weighted by Gasteiger charge is -2.29. The predicted octanol–water partition coefficient (Wildman–Crippen LogP) is 5.61. The monoisotopic (exact) mass is 421 g/mol. The van der Waals surface area contributed by atoms with Crippen LogP contribution >= 0.6 is 0 Å². The third kappa shape index (κ3) is 4.50. The minimum Gasteiger partial charge on any atom is -0.503 e. The number of aliphatic hydroxyl groups excluding tert-OH is 1. The maximum absolute atomic E-state index is 13.4. The summed E-state index contributed by atoms with van der Waals surface area (Å²) in [6.07, 6.45) is -0.0180. The van der Waals surface area contributed by atoms with Gasteiger partial charge in [-0.25, -0.2) is 0 Å². The number of aliphatic hydroxyl groups is 1. The van der Waals surface area contributed by atoms with E-state index in [9.17, 15) is 14.7 Å². The van der Waals surface area contributed by atoms with Gasteiger partial charge in [-0.1, -0.05) is 39.0 Å². The van der Waals surface area contributed by atoms with E-state index in [1.54, 1.807) is 20.8 Å². The number of Topliss-reactive ketones (excluding diaryl/α,β-unsaturated/α-hetero) is 1. The van der Waals surface area contributed by atoms with Crippen LogP contribution in [0.5, 0.6) is 5.75 Å². The number of ketones is 1. The van der Waals surface area contributed by atoms with E-state index < -0.39 is 23.1 Å². The van der Waals surface area contributed by atoms with Crippen molar-refractivity contribution in [3.63, 3.8) is 0 Å². The normalized spacial score (nSPS) is 17.0. The van der Waals surface area contributed by atoms with Gasteiger partial charge in [-0.2, -0.15) is 0 Å². The first kappa shape index (κ1) is 22.6. The first-order chi connectivity index (χ1) is 14.4. The summed E-state index contributed by atoms with van der Waals surface area (Å²) in [7, 11) is 0. The van der Waals surface area contributed by atoms with Crippen molar-refractivity contribution < 1.29 is 19.4 Å². The van der Waals surface area contributed by atoms with Crippen LogP contribution in [0.4, 0.5) is 5.69 Å². The number of hydrogen-bond acceptors (Lipinski definition) is 4. The molecule has 5 heteroatoms. The number of benzene rings is 2. The summed E-state index contributed by atoms with van der Waals surface area (Å²) in [4.78, 5) is 28.1. The molecule has 0 spiro atoms. The second-order valence-corrected chi connectivity index (χ2v) is 9.50. The van der Waals surface area contributed by atoms with Crippen molar-refractivity contribution in [3.8, 4) is 5.75 Å². The van der Waals surface area contributed by atoms with E-state index >= 15 is 0 Å². The minimum atomic E-state index is -0.758. The fraction of sp³-hybridized carbons (Fsp3) is 0.385. The number of ether oxygens (including phenoxy) is 1. The van der Waals surface area contributed by atoms with Gasteiger partial charge < -0.3 is 9.84 Å². The number of carbonyl (C=O) groups excluding carboxylic acids is 2. The van der Waals surface area contributed by atoms with E-state index in [4.69, 9.17) is 4.74 Å². The highest BCUT2D eigenvalue weighted by Gasteiger charge is 2.46. The Labute approximate surface area is 184 Å². The summed E-state index contributed by atoms with van der Waals surface area (Å²) >= 11 is 0. The van der Waals surface area contributed by atoms with E-state index in [2.05, 4.69) is 0 Å². The van der Waals surface area contributed by atoms with E-state index in [-0.39, 0.29) is 17.5 Å². The van der Waals surface area contributed by atoms with Crippen LogP contribution in [-0.2, 0) is 9.59 Å². The third-order valence-electron chi connectivity index (χ3n) is 5.16. The summed E-state index contributed by atoms with van der Waals surface area (Å²) in [5, 5.41) is 10.8. The molecule has 2 aromatic rings. The Hall–Kier alpha value is -3.08. The Bertz CT molecular complexity index is 1040. The number of nitrogens with zero attached hydrogens (tertiary/aromatic N) is 1. The van der Waals surface area contributed by atoms with Crippen LogP contribution in [0, 0.1) is 19.3 Å². The molecule has 2 aromatic carbocycles. The molecule has 0 saturated heterocycles. The molecule has 3 rings (SSSR count). The molecule has 0 aromatic heterocycles. The van der Waals surface area contributed by atoms with Gasteiger partial charge in [0.2, 0.25) is 0 Å². The third-order valence-corrected chi connectivity index (χ3v) is 5.16. The molecular weight excluding hydrogens is 390 g/mol. The average molecular weight is 422 g/mol. The van der Waals surface area contributed by atoms with Crippen molar-refractivity contribution in [1.29, 1.82) is 0 Å². The molecule has 1 unspecified atom stereocenters. The summed E-state index contributed by atoms with van der Waals surface area (Å²) in [5.74, 6) is -0.670. The van der Waals surface area contributed by atoms with Crippen molar-refractivity contribution in [3.05, 3.63) is 70.5 Å². The maximum Gasteiger partial charge on any atom is 0.294 e. The number of carbonyl (C=O) groups is 2. The van der Waals surface area contributed by atoms with Crippen molar-refractivity contribution >= 4 is 17.4 Å². The van der Waals surface area contributed by atoms with Crippen LogP contribution in [-0.4, -0.2) is 22.9 Å². The lowest BCUT2D eigenvalue weighted by Crippen LogP contribution is -2.33. The molecule has 1 aliphatic heterocycles. The molecule has 1 heterocycles. The summed E-state index contributed by atoms with van der Waals surface area (Å²) < 4.78 is 5.84. The molecule has 1 amide bonds. The highest BCUT2D eigenvalue weighted by Crippen LogP contribution is 2.44. The van der Waals surface area contributed by atoms with Crippen molar-refractivity contribution in [2.24, 2.45) is 5.41 Å². The van der Waals surface area contributed by atoms with Gasteiger partial charge in [0.15, 0.2) is 11.5 Å². The molecule has 1 N–H and O–H groups in total. The van der Waals surface area contributed by atoms with Gasteiger partial charge in [-0.05, 0) is 68.7 Å². The van der Waals surface area contributed by atoms with E-state index in [1.807, 2.05) is 70.2 Å². The van der Waals surface area contributed by atoms with Crippen LogP contribution in [0.15, 0.2) is 53.8 Å². The Morgan fingerprint density at radius 1 is 1.06 bits per heavy atom. The van der Waals surface area contributed by atoms with Crippen molar-refractivity contribution in [2.75, 3.05) is 4.90 Å². The van der Waals surface area contributed by atoms with Crippen LogP contribution < -0.4 is 9.64 Å². The zero-order valence-electron chi connectivity index (χ0n) is 19.3. The van der Waals surface area contributed by atoms with Gasteiger partial charge >= 0.3 is 0 Å². The van der Waals surface area contributed by atoms with Gasteiger partial charge in [-0.15, -0.1) is 0 Å². The fourth-order valence-electron chi connectivity index (χ4n) is 3.94. The Balaban J connectivity index is 2.22. The summed E-state index contributed by atoms with van der Waals surface area (Å²) in [6.45, 7) is 13.1. The van der Waals surface area contributed by atoms with Crippen LogP contribution in [0.2, 0.25) is 0 Å². The predicted molar refractivity (Wildman–Crippen MR) is 122 cm³/mol. The first-order valence-corrected chi connectivity index (χ1v) is 10.6. The Morgan fingerprint density at radius 2 is 1.68 bits per heavy atom. The SMILES string of the molecule is Cc1cc(C)cc(N2C(=O)C(O)=C(C(=O)C(C)(C)C)C2c2cccc(OC(C)C)c2)c1. The Kier molecular flexibility index (Phi) is 5.99. The highest BCUT2D eigenvalue weighted by atomic mass is 16.5. The second-order valence-electron chi connectivity index (χ2n) is 9.50. The van der Waals surface area contributed by atoms with Crippen LogP contribution in [0.25, 0.3) is 0 Å². The topological polar surface area (TPSA) is 66.8 Å². The van der Waals surface area contributed by atoms with E-state index in [0.29, 0.717) is 17.0 Å². The molecule has 1 atom stereocenters. The number of anilines is 1. The molecule has 5 nitrogen and oxygen atoms in total. The minimum absolute atomic E-state index is 0.0180. The second kappa shape index (κ2) is 8.22. The standard InChI is InChI=1S/C26H31NO4/c1-15(2)31-20-10-8-9-18(14-20)22-21(24(29)26(5,6)7)23(28)25(30)27(22)19-12-16(3)11-17(4)13-19/h8-15,22,28H,1-7H3. The molecular formula is C26H31NO4. The zero-order valence-corrected chi connectivity index (χ0v) is 19.3. The number of rotatable bonds is 5. The van der Waals surface area contributed by atoms with Gasteiger partial charge in [0.25, 0.3) is 5.91 Å². The summed E-state index contributed by atoms with van der Waals surface area (Å²) in [6, 6.07) is 12.4. The first-order valence-electron chi connectivity index (χ1n) is 10.6. The largest absolute Gasteiger partial charge is 0.503 e. The number of amides is 1.